The Hall–Kier alpha value is -5.38. The van der Waals surface area contributed by atoms with E-state index in [0.29, 0.717) is 0 Å². The zero-order valence-corrected chi connectivity index (χ0v) is 34.6. The van der Waals surface area contributed by atoms with Crippen molar-refractivity contribution in [1.29, 1.82) is 0 Å². The summed E-state index contributed by atoms with van der Waals surface area (Å²) in [5.74, 6) is 1.56. The van der Waals surface area contributed by atoms with Crippen LogP contribution < -0.4 is 0 Å². The molecule has 0 saturated heterocycles. The molecular formula is C42H62N10. The minimum Gasteiger partial charge on any atom is -0.304 e. The van der Waals surface area contributed by atoms with E-state index in [2.05, 4.69) is 52.6 Å². The number of imidazole rings is 4. The van der Waals surface area contributed by atoms with Crippen molar-refractivity contribution in [2.24, 2.45) is 0 Å². The Labute approximate surface area is 311 Å². The fourth-order valence-electron chi connectivity index (χ4n) is 4.70. The van der Waals surface area contributed by atoms with Crippen molar-refractivity contribution >= 4 is 22.8 Å². The smallest absolute Gasteiger partial charge is 0.234 e. The maximum absolute atomic E-state index is 4.38. The quantitative estimate of drug-likeness (QED) is 0.156. The van der Waals surface area contributed by atoms with E-state index >= 15 is 0 Å². The van der Waals surface area contributed by atoms with E-state index < -0.39 is 0 Å². The molecule has 8 aromatic heterocycles. The van der Waals surface area contributed by atoms with Crippen molar-refractivity contribution < 1.29 is 0 Å². The number of pyridine rings is 2. The lowest BCUT2D eigenvalue weighted by atomic mass is 10.4. The van der Waals surface area contributed by atoms with E-state index in [1.807, 2.05) is 179 Å². The molecule has 0 amide bonds. The van der Waals surface area contributed by atoms with Gasteiger partial charge in [-0.3, -0.25) is 8.80 Å². The molecule has 0 radical (unpaired) electrons. The van der Waals surface area contributed by atoms with Crippen molar-refractivity contribution in [2.75, 3.05) is 0 Å². The van der Waals surface area contributed by atoms with Gasteiger partial charge in [0.1, 0.15) is 11.3 Å². The van der Waals surface area contributed by atoms with Crippen molar-refractivity contribution in [3.63, 3.8) is 0 Å². The van der Waals surface area contributed by atoms with Crippen LogP contribution in [0.25, 0.3) is 22.8 Å². The van der Waals surface area contributed by atoms with Crippen LogP contribution in [0.5, 0.6) is 0 Å². The summed E-state index contributed by atoms with van der Waals surface area (Å²) < 4.78 is 8.15. The highest BCUT2D eigenvalue weighted by Gasteiger charge is 2.04. The summed E-state index contributed by atoms with van der Waals surface area (Å²) in [7, 11) is 0. The molecule has 10 heteroatoms. The van der Waals surface area contributed by atoms with Gasteiger partial charge in [-0.05, 0) is 91.8 Å². The number of aryl methyl sites for hydroxylation is 8. The van der Waals surface area contributed by atoms with E-state index in [9.17, 15) is 0 Å². The minimum absolute atomic E-state index is 0.780. The van der Waals surface area contributed by atoms with Crippen molar-refractivity contribution in [1.82, 2.24) is 47.5 Å². The van der Waals surface area contributed by atoms with Crippen molar-refractivity contribution in [3.8, 4) is 0 Å². The second kappa shape index (κ2) is 23.2. The molecule has 8 rings (SSSR count). The van der Waals surface area contributed by atoms with Gasteiger partial charge in [-0.15, -0.1) is 0 Å². The molecule has 0 aliphatic heterocycles. The highest BCUT2D eigenvalue weighted by Crippen LogP contribution is 2.11. The van der Waals surface area contributed by atoms with Crippen molar-refractivity contribution in [2.45, 2.75) is 111 Å². The summed E-state index contributed by atoms with van der Waals surface area (Å²) in [6.07, 6.45) is 11.5. The Balaban J connectivity index is 0.000000325. The van der Waals surface area contributed by atoms with Crippen LogP contribution in [-0.4, -0.2) is 47.5 Å². The summed E-state index contributed by atoms with van der Waals surface area (Å²) >= 11 is 0. The first-order valence-corrected chi connectivity index (χ1v) is 18.5. The lowest BCUT2D eigenvalue weighted by molar-refractivity contribution is 1.06. The molecule has 0 aliphatic rings. The molecule has 0 spiro atoms. The van der Waals surface area contributed by atoms with Gasteiger partial charge in [-0.25, -0.2) is 29.9 Å². The SMILES string of the molecule is CC.CC.CC.CC.Cc1nc2ccccn2c1C.Cc1nc2ccccn2c1C.Cc1nc2ncccn2c1C.Cc1nc2ncccn2c1C. The van der Waals surface area contributed by atoms with Crippen LogP contribution >= 0.6 is 0 Å². The first kappa shape index (κ1) is 44.6. The minimum atomic E-state index is 0.780. The maximum Gasteiger partial charge on any atom is 0.234 e. The highest BCUT2D eigenvalue weighted by molar-refractivity contribution is 5.43. The third-order valence-corrected chi connectivity index (χ3v) is 7.77. The van der Waals surface area contributed by atoms with Gasteiger partial charge in [-0.1, -0.05) is 67.5 Å². The molecule has 0 unspecified atom stereocenters. The molecule has 0 fully saturated rings. The van der Waals surface area contributed by atoms with Crippen LogP contribution in [-0.2, 0) is 0 Å². The largest absolute Gasteiger partial charge is 0.304 e. The van der Waals surface area contributed by atoms with Gasteiger partial charge in [0.25, 0.3) is 0 Å². The number of hydrogen-bond acceptors (Lipinski definition) is 6. The van der Waals surface area contributed by atoms with E-state index in [-0.39, 0.29) is 0 Å². The average Bonchev–Trinajstić information content (AvgIpc) is 3.88. The third-order valence-electron chi connectivity index (χ3n) is 7.77. The molecule has 0 N–H and O–H groups in total. The summed E-state index contributed by atoms with van der Waals surface area (Å²) in [5, 5.41) is 0. The predicted molar refractivity (Wildman–Crippen MR) is 220 cm³/mol. The highest BCUT2D eigenvalue weighted by atomic mass is 15.1. The van der Waals surface area contributed by atoms with E-state index in [1.165, 1.54) is 11.4 Å². The van der Waals surface area contributed by atoms with Crippen LogP contribution in [0.3, 0.4) is 0 Å². The number of aromatic nitrogens is 10. The first-order chi connectivity index (χ1) is 25.2. The molecule has 10 nitrogen and oxygen atoms in total. The first-order valence-electron chi connectivity index (χ1n) is 18.5. The third kappa shape index (κ3) is 11.3. The Morgan fingerprint density at radius 1 is 0.346 bits per heavy atom. The van der Waals surface area contributed by atoms with Crippen LogP contribution in [0, 0.1) is 55.4 Å². The average molecular weight is 707 g/mol. The van der Waals surface area contributed by atoms with Crippen LogP contribution in [0.1, 0.15) is 101 Å². The van der Waals surface area contributed by atoms with Crippen LogP contribution in [0.2, 0.25) is 0 Å². The molecule has 52 heavy (non-hydrogen) atoms. The maximum atomic E-state index is 4.38. The van der Waals surface area contributed by atoms with Gasteiger partial charge in [0.2, 0.25) is 11.6 Å². The molecule has 0 aromatic carbocycles. The standard InChI is InChI=1S/2C9H10N2.2C8H9N3.4C2H6/c2*1-7-8(2)11-6-4-3-5-9(11)10-7;2*1-6-7(2)11-5-3-4-9-8(11)10-6;4*1-2/h2*3-6H,1-2H3;2*3-5H,1-2H3;4*1-2H3. The normalized spacial score (nSPS) is 9.54. The Morgan fingerprint density at radius 2 is 0.635 bits per heavy atom. The zero-order chi connectivity index (χ0) is 39.4. The fraction of sp³-hybridized carbons (Fsp3) is 0.381. The fourth-order valence-corrected chi connectivity index (χ4v) is 4.70. The molecule has 0 aliphatic carbocycles. The molecule has 8 heterocycles. The molecule has 0 saturated carbocycles. The van der Waals surface area contributed by atoms with Gasteiger partial charge >= 0.3 is 0 Å². The monoisotopic (exact) mass is 707 g/mol. The molecule has 280 valence electrons. The number of fused-ring (bicyclic) bond motifs is 4. The Morgan fingerprint density at radius 3 is 0.942 bits per heavy atom. The van der Waals surface area contributed by atoms with E-state index in [1.54, 1.807) is 12.4 Å². The second-order valence-electron chi connectivity index (χ2n) is 10.6. The van der Waals surface area contributed by atoms with E-state index in [4.69, 9.17) is 0 Å². The lowest BCUT2D eigenvalue weighted by Gasteiger charge is -1.92. The Kier molecular flexibility index (Phi) is 19.9. The molecule has 0 bridgehead atoms. The zero-order valence-electron chi connectivity index (χ0n) is 34.6. The van der Waals surface area contributed by atoms with E-state index in [0.717, 1.165) is 57.0 Å². The summed E-state index contributed by atoms with van der Waals surface area (Å²) in [6.45, 7) is 32.3. The number of hydrogen-bond donors (Lipinski definition) is 0. The van der Waals surface area contributed by atoms with Crippen LogP contribution in [0.15, 0.2) is 85.7 Å². The number of rotatable bonds is 0. The molecule has 0 atom stereocenters. The summed E-state index contributed by atoms with van der Waals surface area (Å²) in [5.41, 5.74) is 11.1. The second-order valence-corrected chi connectivity index (χ2v) is 10.6. The van der Waals surface area contributed by atoms with Gasteiger partial charge in [0.05, 0.1) is 22.8 Å². The van der Waals surface area contributed by atoms with Gasteiger partial charge in [0.15, 0.2) is 0 Å². The number of nitrogens with zero attached hydrogens (tertiary/aromatic N) is 10. The summed E-state index contributed by atoms with van der Waals surface area (Å²) in [4.78, 5) is 25.5. The lowest BCUT2D eigenvalue weighted by Crippen LogP contribution is -1.87. The van der Waals surface area contributed by atoms with Crippen molar-refractivity contribution in [3.05, 3.63) is 131 Å². The molecular weight excluding hydrogens is 645 g/mol. The van der Waals surface area contributed by atoms with Crippen LogP contribution in [0.4, 0.5) is 0 Å². The van der Waals surface area contributed by atoms with Gasteiger partial charge < -0.3 is 8.80 Å². The topological polar surface area (TPSA) is 95.0 Å². The van der Waals surface area contributed by atoms with Gasteiger partial charge in [0, 0.05) is 60.0 Å². The predicted octanol–water partition coefficient (Wildman–Crippen LogP) is 10.7. The van der Waals surface area contributed by atoms with Gasteiger partial charge in [-0.2, -0.15) is 0 Å². The Bertz CT molecular complexity index is 1870. The molecule has 8 aromatic rings. The summed E-state index contributed by atoms with van der Waals surface area (Å²) in [6, 6.07) is 15.9.